The lowest BCUT2D eigenvalue weighted by atomic mass is 9.86. The van der Waals surface area contributed by atoms with Crippen molar-refractivity contribution in [2.24, 2.45) is 5.92 Å². The van der Waals surface area contributed by atoms with Gasteiger partial charge in [0.15, 0.2) is 0 Å². The van der Waals surface area contributed by atoms with E-state index >= 15 is 0 Å². The molecule has 0 amide bonds. The Morgan fingerprint density at radius 3 is 2.57 bits per heavy atom. The molecular formula is C16H24ClNO2S. The van der Waals surface area contributed by atoms with E-state index in [-0.39, 0.29) is 6.04 Å². The molecule has 1 aliphatic rings. The van der Waals surface area contributed by atoms with Crippen molar-refractivity contribution >= 4 is 21.6 Å². The normalized spacial score (nSPS) is 23.5. The lowest BCUT2D eigenvalue weighted by Gasteiger charge is -2.35. The molecule has 1 aromatic rings. The Balaban J connectivity index is 2.36. The number of benzene rings is 1. The predicted molar refractivity (Wildman–Crippen MR) is 87.1 cm³/mol. The first-order valence-electron chi connectivity index (χ1n) is 7.51. The predicted octanol–water partition coefficient (Wildman–Crippen LogP) is 3.93. The van der Waals surface area contributed by atoms with Crippen molar-refractivity contribution in [1.29, 1.82) is 0 Å². The monoisotopic (exact) mass is 329 g/mol. The summed E-state index contributed by atoms with van der Waals surface area (Å²) in [6.45, 7) is 3.99. The van der Waals surface area contributed by atoms with Crippen molar-refractivity contribution in [2.45, 2.75) is 56.3 Å². The molecule has 118 valence electrons. The van der Waals surface area contributed by atoms with Gasteiger partial charge in [-0.2, -0.15) is 4.31 Å². The van der Waals surface area contributed by atoms with Gasteiger partial charge in [-0.3, -0.25) is 0 Å². The fourth-order valence-corrected chi connectivity index (χ4v) is 5.10. The fraction of sp³-hybridized carbons (Fsp3) is 0.625. The molecule has 0 N–H and O–H groups in total. The molecule has 0 aromatic heterocycles. The SMILES string of the molecule is Cc1ccc(CCl)cc1S(=O)(=O)N(C)C1CCCCC1C. The standard InChI is InChI=1S/C16H24ClNO2S/c1-12-6-4-5-7-15(12)18(3)21(19,20)16-10-14(11-17)9-8-13(16)2/h8-10,12,15H,4-7,11H2,1-3H3. The number of sulfonamides is 1. The molecule has 0 bridgehead atoms. The van der Waals surface area contributed by atoms with Gasteiger partial charge >= 0.3 is 0 Å². The van der Waals surface area contributed by atoms with Crippen LogP contribution in [0.1, 0.15) is 43.7 Å². The first kappa shape index (κ1) is 16.8. The quantitative estimate of drug-likeness (QED) is 0.785. The summed E-state index contributed by atoms with van der Waals surface area (Å²) >= 11 is 5.84. The van der Waals surface area contributed by atoms with Gasteiger partial charge in [-0.15, -0.1) is 11.6 Å². The third-order valence-corrected chi connectivity index (χ3v) is 6.93. The van der Waals surface area contributed by atoms with Crippen molar-refractivity contribution in [1.82, 2.24) is 4.31 Å². The second-order valence-corrected chi connectivity index (χ2v) is 8.32. The molecule has 0 spiro atoms. The molecule has 2 rings (SSSR count). The average molecular weight is 330 g/mol. The maximum atomic E-state index is 12.9. The van der Waals surface area contributed by atoms with Crippen LogP contribution in [-0.2, 0) is 15.9 Å². The maximum absolute atomic E-state index is 12.9. The number of alkyl halides is 1. The molecule has 5 heteroatoms. The lowest BCUT2D eigenvalue weighted by molar-refractivity contribution is 0.213. The first-order chi connectivity index (χ1) is 9.87. The molecule has 0 heterocycles. The van der Waals surface area contributed by atoms with Crippen LogP contribution in [0.2, 0.25) is 0 Å². The van der Waals surface area contributed by atoms with Crippen LogP contribution in [0.4, 0.5) is 0 Å². The summed E-state index contributed by atoms with van der Waals surface area (Å²) in [4.78, 5) is 0.390. The lowest BCUT2D eigenvalue weighted by Crippen LogP contribution is -2.42. The number of nitrogens with zero attached hydrogens (tertiary/aromatic N) is 1. The van der Waals surface area contributed by atoms with Gasteiger partial charge in [0, 0.05) is 19.0 Å². The van der Waals surface area contributed by atoms with Crippen LogP contribution >= 0.6 is 11.6 Å². The number of hydrogen-bond donors (Lipinski definition) is 0. The van der Waals surface area contributed by atoms with E-state index in [0.717, 1.165) is 30.4 Å². The molecule has 2 atom stereocenters. The van der Waals surface area contributed by atoms with Crippen LogP contribution in [0.25, 0.3) is 0 Å². The van der Waals surface area contributed by atoms with E-state index in [1.165, 1.54) is 6.42 Å². The van der Waals surface area contributed by atoms with Crippen LogP contribution in [-0.4, -0.2) is 25.8 Å². The minimum atomic E-state index is -3.46. The van der Waals surface area contributed by atoms with Crippen LogP contribution in [0, 0.1) is 12.8 Å². The van der Waals surface area contributed by atoms with Crippen molar-refractivity contribution in [3.05, 3.63) is 29.3 Å². The molecular weight excluding hydrogens is 306 g/mol. The van der Waals surface area contributed by atoms with Crippen LogP contribution in [0.3, 0.4) is 0 Å². The molecule has 1 aromatic carbocycles. The minimum Gasteiger partial charge on any atom is -0.207 e. The van der Waals surface area contributed by atoms with Crippen molar-refractivity contribution in [3.8, 4) is 0 Å². The van der Waals surface area contributed by atoms with Crippen LogP contribution in [0.5, 0.6) is 0 Å². The fourth-order valence-electron chi connectivity index (χ4n) is 3.18. The van der Waals surface area contributed by atoms with E-state index < -0.39 is 10.0 Å². The third kappa shape index (κ3) is 3.43. The van der Waals surface area contributed by atoms with Gasteiger partial charge in [-0.25, -0.2) is 8.42 Å². The molecule has 0 saturated heterocycles. The molecule has 3 nitrogen and oxygen atoms in total. The van der Waals surface area contributed by atoms with Crippen molar-refractivity contribution < 1.29 is 8.42 Å². The van der Waals surface area contributed by atoms with Crippen molar-refractivity contribution in [2.75, 3.05) is 7.05 Å². The Morgan fingerprint density at radius 1 is 1.29 bits per heavy atom. The number of halogens is 1. The molecule has 1 aliphatic carbocycles. The Labute approximate surface area is 133 Å². The Bertz CT molecular complexity index is 600. The molecule has 1 saturated carbocycles. The zero-order valence-corrected chi connectivity index (χ0v) is 14.5. The van der Waals surface area contributed by atoms with E-state index in [2.05, 4.69) is 6.92 Å². The number of rotatable bonds is 4. The summed E-state index contributed by atoms with van der Waals surface area (Å²) in [5, 5.41) is 0. The number of hydrogen-bond acceptors (Lipinski definition) is 2. The summed E-state index contributed by atoms with van der Waals surface area (Å²) in [7, 11) is -1.74. The van der Waals surface area contributed by atoms with Gasteiger partial charge in [-0.05, 0) is 42.9 Å². The average Bonchev–Trinajstić information content (AvgIpc) is 2.47. The molecule has 0 radical (unpaired) electrons. The molecule has 2 unspecified atom stereocenters. The Kier molecular flexibility index (Phi) is 5.33. The van der Waals surface area contributed by atoms with E-state index in [9.17, 15) is 8.42 Å². The van der Waals surface area contributed by atoms with E-state index in [4.69, 9.17) is 11.6 Å². The van der Waals surface area contributed by atoms with Gasteiger partial charge in [0.1, 0.15) is 0 Å². The summed E-state index contributed by atoms with van der Waals surface area (Å²) in [6.07, 6.45) is 4.36. The number of aryl methyl sites for hydroxylation is 1. The van der Waals surface area contributed by atoms with E-state index in [1.807, 2.05) is 19.1 Å². The molecule has 0 aliphatic heterocycles. The third-order valence-electron chi connectivity index (χ3n) is 4.60. The van der Waals surface area contributed by atoms with Crippen LogP contribution < -0.4 is 0 Å². The maximum Gasteiger partial charge on any atom is 0.243 e. The first-order valence-corrected chi connectivity index (χ1v) is 9.49. The highest BCUT2D eigenvalue weighted by Crippen LogP contribution is 2.31. The van der Waals surface area contributed by atoms with Crippen LogP contribution in [0.15, 0.2) is 23.1 Å². The highest BCUT2D eigenvalue weighted by Gasteiger charge is 2.33. The topological polar surface area (TPSA) is 37.4 Å². The van der Waals surface area contributed by atoms with E-state index in [0.29, 0.717) is 16.7 Å². The highest BCUT2D eigenvalue weighted by molar-refractivity contribution is 7.89. The molecule has 21 heavy (non-hydrogen) atoms. The van der Waals surface area contributed by atoms with Crippen molar-refractivity contribution in [3.63, 3.8) is 0 Å². The largest absolute Gasteiger partial charge is 0.243 e. The zero-order valence-electron chi connectivity index (χ0n) is 13.0. The highest BCUT2D eigenvalue weighted by atomic mass is 35.5. The van der Waals surface area contributed by atoms with Gasteiger partial charge in [0.25, 0.3) is 0 Å². The summed E-state index contributed by atoms with van der Waals surface area (Å²) in [5.74, 6) is 0.738. The van der Waals surface area contributed by atoms with Gasteiger partial charge < -0.3 is 0 Å². The Hall–Kier alpha value is -0.580. The smallest absolute Gasteiger partial charge is 0.207 e. The summed E-state index contributed by atoms with van der Waals surface area (Å²) < 4.78 is 27.5. The second kappa shape index (κ2) is 6.67. The summed E-state index contributed by atoms with van der Waals surface area (Å²) in [5.41, 5.74) is 1.62. The van der Waals surface area contributed by atoms with E-state index in [1.54, 1.807) is 17.4 Å². The Morgan fingerprint density at radius 2 is 1.95 bits per heavy atom. The summed E-state index contributed by atoms with van der Waals surface area (Å²) in [6, 6.07) is 5.53. The second-order valence-electron chi connectivity index (χ2n) is 6.08. The zero-order chi connectivity index (χ0) is 15.6. The van der Waals surface area contributed by atoms with Gasteiger partial charge in [0.05, 0.1) is 4.90 Å². The molecule has 1 fully saturated rings. The minimum absolute atomic E-state index is 0.0998. The van der Waals surface area contributed by atoms with Gasteiger partial charge in [0.2, 0.25) is 10.0 Å². The van der Waals surface area contributed by atoms with Gasteiger partial charge in [-0.1, -0.05) is 31.9 Å².